The molecule has 0 bridgehead atoms. The topological polar surface area (TPSA) is 32.8 Å². The Bertz CT molecular complexity index is 730. The molecule has 132 valence electrons. The summed E-state index contributed by atoms with van der Waals surface area (Å²) in [6, 6.07) is 16.3. The lowest BCUT2D eigenvalue weighted by atomic mass is 10.1. The number of methoxy groups -OCH3 is 1. The van der Waals surface area contributed by atoms with E-state index in [1.165, 1.54) is 11.1 Å². The van der Waals surface area contributed by atoms with Gasteiger partial charge in [0.15, 0.2) is 0 Å². The van der Waals surface area contributed by atoms with E-state index in [1.807, 2.05) is 36.1 Å². The third-order valence-corrected chi connectivity index (χ3v) is 4.91. The number of rotatable bonds is 5. The summed E-state index contributed by atoms with van der Waals surface area (Å²) in [5.74, 6) is 1.09. The van der Waals surface area contributed by atoms with Gasteiger partial charge in [-0.1, -0.05) is 42.5 Å². The molecular weight excluding hydrogens is 312 g/mol. The zero-order valence-corrected chi connectivity index (χ0v) is 15.2. The maximum absolute atomic E-state index is 12.8. The molecule has 2 aromatic rings. The summed E-state index contributed by atoms with van der Waals surface area (Å²) >= 11 is 0. The molecule has 0 aliphatic carbocycles. The highest BCUT2D eigenvalue weighted by atomic mass is 16.5. The van der Waals surface area contributed by atoms with Gasteiger partial charge >= 0.3 is 0 Å². The Morgan fingerprint density at radius 1 is 1.08 bits per heavy atom. The number of aryl methyl sites for hydroxylation is 1. The molecule has 3 rings (SSSR count). The molecule has 1 saturated heterocycles. The fourth-order valence-electron chi connectivity index (χ4n) is 3.35. The van der Waals surface area contributed by atoms with Crippen molar-refractivity contribution in [1.82, 2.24) is 9.80 Å². The minimum absolute atomic E-state index is 0.122. The third kappa shape index (κ3) is 4.02. The second-order valence-corrected chi connectivity index (χ2v) is 6.71. The summed E-state index contributed by atoms with van der Waals surface area (Å²) in [7, 11) is 1.70. The van der Waals surface area contributed by atoms with Gasteiger partial charge in [-0.25, -0.2) is 0 Å². The molecule has 1 amide bonds. The van der Waals surface area contributed by atoms with Crippen molar-refractivity contribution in [2.45, 2.75) is 33.0 Å². The fraction of sp³-hybridized carbons (Fsp3) is 0.381. The average molecular weight is 338 g/mol. The van der Waals surface area contributed by atoms with E-state index in [4.69, 9.17) is 4.74 Å². The van der Waals surface area contributed by atoms with Crippen LogP contribution in [0.4, 0.5) is 0 Å². The van der Waals surface area contributed by atoms with E-state index in [0.717, 1.165) is 30.9 Å². The lowest BCUT2D eigenvalue weighted by Gasteiger charge is -2.39. The number of benzene rings is 2. The molecule has 1 unspecified atom stereocenters. The number of carbonyl (C=O) groups is 1. The summed E-state index contributed by atoms with van der Waals surface area (Å²) in [6.45, 7) is 7.10. The van der Waals surface area contributed by atoms with Gasteiger partial charge in [-0.05, 0) is 31.0 Å². The SMILES string of the molecule is COc1cc(C)ccc1CN1CCN(Cc2ccccc2)C(=O)C1C. The van der Waals surface area contributed by atoms with E-state index in [9.17, 15) is 4.79 Å². The Morgan fingerprint density at radius 3 is 2.56 bits per heavy atom. The van der Waals surface area contributed by atoms with Crippen LogP contribution in [-0.4, -0.2) is 41.9 Å². The van der Waals surface area contributed by atoms with Crippen LogP contribution in [0.2, 0.25) is 0 Å². The van der Waals surface area contributed by atoms with Gasteiger partial charge in [0.05, 0.1) is 13.2 Å². The van der Waals surface area contributed by atoms with E-state index in [2.05, 4.69) is 36.1 Å². The molecule has 0 spiro atoms. The van der Waals surface area contributed by atoms with Crippen LogP contribution in [0.5, 0.6) is 5.75 Å². The Hall–Kier alpha value is -2.33. The van der Waals surface area contributed by atoms with Crippen molar-refractivity contribution in [1.29, 1.82) is 0 Å². The molecule has 0 saturated carbocycles. The smallest absolute Gasteiger partial charge is 0.239 e. The predicted molar refractivity (Wildman–Crippen MR) is 99.5 cm³/mol. The molecule has 0 radical (unpaired) electrons. The summed E-state index contributed by atoms with van der Waals surface area (Å²) in [5.41, 5.74) is 3.48. The van der Waals surface area contributed by atoms with Gasteiger partial charge in [0, 0.05) is 31.7 Å². The Kier molecular flexibility index (Phi) is 5.39. The summed E-state index contributed by atoms with van der Waals surface area (Å²) in [5, 5.41) is 0. The van der Waals surface area contributed by atoms with Crippen molar-refractivity contribution in [3.05, 3.63) is 65.2 Å². The van der Waals surface area contributed by atoms with E-state index < -0.39 is 0 Å². The molecule has 1 atom stereocenters. The van der Waals surface area contributed by atoms with E-state index in [-0.39, 0.29) is 11.9 Å². The first-order valence-electron chi connectivity index (χ1n) is 8.79. The lowest BCUT2D eigenvalue weighted by Crippen LogP contribution is -2.54. The van der Waals surface area contributed by atoms with Crippen LogP contribution in [0.15, 0.2) is 48.5 Å². The minimum Gasteiger partial charge on any atom is -0.496 e. The monoisotopic (exact) mass is 338 g/mol. The van der Waals surface area contributed by atoms with Gasteiger partial charge in [0.25, 0.3) is 0 Å². The Morgan fingerprint density at radius 2 is 1.84 bits per heavy atom. The Balaban J connectivity index is 1.67. The molecule has 25 heavy (non-hydrogen) atoms. The highest BCUT2D eigenvalue weighted by Crippen LogP contribution is 2.24. The average Bonchev–Trinajstić information content (AvgIpc) is 2.63. The zero-order valence-electron chi connectivity index (χ0n) is 15.2. The predicted octanol–water partition coefficient (Wildman–Crippen LogP) is 3.24. The van der Waals surface area contributed by atoms with Crippen molar-refractivity contribution >= 4 is 5.91 Å². The van der Waals surface area contributed by atoms with Gasteiger partial charge < -0.3 is 9.64 Å². The maximum atomic E-state index is 12.8. The van der Waals surface area contributed by atoms with Crippen molar-refractivity contribution in [2.75, 3.05) is 20.2 Å². The number of piperazine rings is 1. The molecule has 0 aromatic heterocycles. The quantitative estimate of drug-likeness (QED) is 0.839. The normalized spacial score (nSPS) is 18.4. The molecule has 0 N–H and O–H groups in total. The summed E-state index contributed by atoms with van der Waals surface area (Å²) in [4.78, 5) is 17.0. The van der Waals surface area contributed by atoms with Gasteiger partial charge in [0.2, 0.25) is 5.91 Å². The van der Waals surface area contributed by atoms with Crippen LogP contribution in [0.3, 0.4) is 0 Å². The standard InChI is InChI=1S/C21H26N2O2/c1-16-9-10-19(20(13-16)25-3)15-22-11-12-23(21(24)17(22)2)14-18-7-5-4-6-8-18/h4-10,13,17H,11-12,14-15H2,1-3H3. The van der Waals surface area contributed by atoms with Crippen LogP contribution in [-0.2, 0) is 17.9 Å². The van der Waals surface area contributed by atoms with Crippen molar-refractivity contribution in [2.24, 2.45) is 0 Å². The van der Waals surface area contributed by atoms with Crippen LogP contribution in [0.1, 0.15) is 23.6 Å². The molecule has 1 fully saturated rings. The first-order valence-corrected chi connectivity index (χ1v) is 8.79. The highest BCUT2D eigenvalue weighted by Gasteiger charge is 2.31. The van der Waals surface area contributed by atoms with Gasteiger partial charge in [0.1, 0.15) is 5.75 Å². The summed E-state index contributed by atoms with van der Waals surface area (Å²) < 4.78 is 5.51. The van der Waals surface area contributed by atoms with Crippen LogP contribution < -0.4 is 4.74 Å². The number of ether oxygens (including phenoxy) is 1. The fourth-order valence-corrected chi connectivity index (χ4v) is 3.35. The van der Waals surface area contributed by atoms with Crippen molar-refractivity contribution in [3.8, 4) is 5.75 Å². The molecule has 1 aliphatic heterocycles. The summed E-state index contributed by atoms with van der Waals surface area (Å²) in [6.07, 6.45) is 0. The first-order chi connectivity index (χ1) is 12.1. The Labute approximate surface area is 150 Å². The van der Waals surface area contributed by atoms with E-state index in [0.29, 0.717) is 6.54 Å². The lowest BCUT2D eigenvalue weighted by molar-refractivity contribution is -0.142. The van der Waals surface area contributed by atoms with Gasteiger partial charge in [-0.15, -0.1) is 0 Å². The highest BCUT2D eigenvalue weighted by molar-refractivity contribution is 5.82. The number of amides is 1. The van der Waals surface area contributed by atoms with Gasteiger partial charge in [-0.2, -0.15) is 0 Å². The largest absolute Gasteiger partial charge is 0.496 e. The second kappa shape index (κ2) is 7.70. The van der Waals surface area contributed by atoms with Crippen LogP contribution in [0.25, 0.3) is 0 Å². The minimum atomic E-state index is -0.122. The maximum Gasteiger partial charge on any atom is 0.239 e. The molecule has 2 aromatic carbocycles. The third-order valence-electron chi connectivity index (χ3n) is 4.91. The van der Waals surface area contributed by atoms with Crippen LogP contribution >= 0.6 is 0 Å². The zero-order chi connectivity index (χ0) is 17.8. The number of nitrogens with zero attached hydrogens (tertiary/aromatic N) is 2. The molecule has 1 aliphatic rings. The molecule has 4 heteroatoms. The number of hydrogen-bond acceptors (Lipinski definition) is 3. The number of hydrogen-bond donors (Lipinski definition) is 0. The van der Waals surface area contributed by atoms with Crippen molar-refractivity contribution in [3.63, 3.8) is 0 Å². The van der Waals surface area contributed by atoms with Crippen LogP contribution in [0, 0.1) is 6.92 Å². The van der Waals surface area contributed by atoms with Gasteiger partial charge in [-0.3, -0.25) is 9.69 Å². The molecule has 1 heterocycles. The molecular formula is C21H26N2O2. The first kappa shape index (κ1) is 17.5. The van der Waals surface area contributed by atoms with E-state index in [1.54, 1.807) is 7.11 Å². The molecule has 4 nitrogen and oxygen atoms in total. The second-order valence-electron chi connectivity index (χ2n) is 6.71. The number of carbonyl (C=O) groups excluding carboxylic acids is 1. The van der Waals surface area contributed by atoms with E-state index >= 15 is 0 Å². The van der Waals surface area contributed by atoms with Crippen molar-refractivity contribution < 1.29 is 9.53 Å².